The molecule has 0 unspecified atom stereocenters. The Kier molecular flexibility index (Phi) is 6.05. The van der Waals surface area contributed by atoms with Gasteiger partial charge in [-0.2, -0.15) is 0 Å². The molecule has 1 aromatic carbocycles. The number of hydrogen-bond acceptors (Lipinski definition) is 1. The van der Waals surface area contributed by atoms with E-state index < -0.39 is 11.4 Å². The number of hydrogen-bond donors (Lipinski definition) is 1. The topological polar surface area (TPSA) is 37.3 Å². The third kappa shape index (κ3) is 5.82. The number of aryl methyl sites for hydroxylation is 2. The van der Waals surface area contributed by atoms with Crippen LogP contribution in [0.4, 0.5) is 0 Å². The van der Waals surface area contributed by atoms with Gasteiger partial charge in [-0.15, -0.1) is 0 Å². The van der Waals surface area contributed by atoms with Crippen LogP contribution < -0.4 is 0 Å². The van der Waals surface area contributed by atoms with Crippen molar-refractivity contribution < 1.29 is 9.90 Å². The van der Waals surface area contributed by atoms with Crippen molar-refractivity contribution in [2.75, 3.05) is 0 Å². The van der Waals surface area contributed by atoms with Crippen molar-refractivity contribution in [1.82, 2.24) is 0 Å². The zero-order valence-corrected chi connectivity index (χ0v) is 14.1. The molecule has 0 spiro atoms. The van der Waals surface area contributed by atoms with Crippen LogP contribution in [-0.4, -0.2) is 11.1 Å². The Morgan fingerprint density at radius 2 is 1.77 bits per heavy atom. The minimum atomic E-state index is -0.690. The van der Waals surface area contributed by atoms with Gasteiger partial charge in [-0.1, -0.05) is 49.9 Å². The zero-order chi connectivity index (χ0) is 16.0. The average Bonchev–Trinajstić information content (AvgIpc) is 3.28. The van der Waals surface area contributed by atoms with Crippen molar-refractivity contribution in [2.45, 2.75) is 71.6 Å². The summed E-state index contributed by atoms with van der Waals surface area (Å²) in [5, 5.41) is 9.12. The monoisotopic (exact) mass is 302 g/mol. The predicted octanol–water partition coefficient (Wildman–Crippen LogP) is 5.24. The van der Waals surface area contributed by atoms with Crippen LogP contribution in [0.15, 0.2) is 24.3 Å². The van der Waals surface area contributed by atoms with E-state index in [-0.39, 0.29) is 0 Å². The Labute approximate surface area is 134 Å². The average molecular weight is 302 g/mol. The van der Waals surface area contributed by atoms with Crippen molar-refractivity contribution >= 4 is 5.97 Å². The van der Waals surface area contributed by atoms with Gasteiger partial charge < -0.3 is 5.11 Å². The lowest BCUT2D eigenvalue weighted by molar-refractivity contribution is -0.147. The highest BCUT2D eigenvalue weighted by molar-refractivity contribution is 5.73. The minimum absolute atomic E-state index is 0.593. The van der Waals surface area contributed by atoms with E-state index in [9.17, 15) is 4.79 Å². The summed E-state index contributed by atoms with van der Waals surface area (Å²) in [7, 11) is 0. The first-order valence-electron chi connectivity index (χ1n) is 8.78. The molecule has 1 aliphatic carbocycles. The van der Waals surface area contributed by atoms with Crippen LogP contribution in [0.25, 0.3) is 0 Å². The molecule has 0 bridgehead atoms. The maximum atomic E-state index is 11.1. The van der Waals surface area contributed by atoms with E-state index >= 15 is 0 Å². The Balaban J connectivity index is 1.69. The molecular weight excluding hydrogens is 272 g/mol. The molecule has 22 heavy (non-hydrogen) atoms. The molecule has 1 aromatic rings. The van der Waals surface area contributed by atoms with Crippen LogP contribution in [0, 0.1) is 11.3 Å². The number of carbonyl (C=O) groups is 1. The van der Waals surface area contributed by atoms with E-state index in [4.69, 9.17) is 5.11 Å². The van der Waals surface area contributed by atoms with Crippen molar-refractivity contribution in [3.8, 4) is 0 Å². The summed E-state index contributed by atoms with van der Waals surface area (Å²) in [6, 6.07) is 8.95. The first kappa shape index (κ1) is 17.1. The predicted molar refractivity (Wildman–Crippen MR) is 91.1 cm³/mol. The summed E-state index contributed by atoms with van der Waals surface area (Å²) in [5.74, 6) is 0.339. The largest absolute Gasteiger partial charge is 0.481 e. The molecule has 1 saturated carbocycles. The van der Waals surface area contributed by atoms with E-state index in [0.717, 1.165) is 31.6 Å². The SMILES string of the molecule is CC(C)(CCCCc1cccc(CCCC2CC2)c1)C(=O)O. The second-order valence-corrected chi connectivity index (χ2v) is 7.55. The fourth-order valence-electron chi connectivity index (χ4n) is 2.95. The van der Waals surface area contributed by atoms with Crippen molar-refractivity contribution in [3.05, 3.63) is 35.4 Å². The van der Waals surface area contributed by atoms with Crippen LogP contribution in [0.3, 0.4) is 0 Å². The van der Waals surface area contributed by atoms with Crippen molar-refractivity contribution in [3.63, 3.8) is 0 Å². The van der Waals surface area contributed by atoms with Crippen LogP contribution >= 0.6 is 0 Å². The smallest absolute Gasteiger partial charge is 0.309 e. The molecule has 0 atom stereocenters. The lowest BCUT2D eigenvalue weighted by Crippen LogP contribution is -2.23. The molecule has 2 rings (SSSR count). The molecule has 1 aliphatic rings. The van der Waals surface area contributed by atoms with E-state index in [2.05, 4.69) is 24.3 Å². The number of carboxylic acids is 1. The summed E-state index contributed by atoms with van der Waals surface area (Å²) in [6.07, 6.45) is 10.7. The molecule has 0 heterocycles. The lowest BCUT2D eigenvalue weighted by Gasteiger charge is -2.18. The number of aliphatic carboxylic acids is 1. The molecule has 1 N–H and O–H groups in total. The second kappa shape index (κ2) is 7.80. The summed E-state index contributed by atoms with van der Waals surface area (Å²) >= 11 is 0. The van der Waals surface area contributed by atoms with Gasteiger partial charge in [0.25, 0.3) is 0 Å². The summed E-state index contributed by atoms with van der Waals surface area (Å²) < 4.78 is 0. The highest BCUT2D eigenvalue weighted by atomic mass is 16.4. The Hall–Kier alpha value is -1.31. The summed E-state index contributed by atoms with van der Waals surface area (Å²) in [6.45, 7) is 3.63. The Morgan fingerprint density at radius 1 is 1.14 bits per heavy atom. The van der Waals surface area contributed by atoms with Gasteiger partial charge in [0.1, 0.15) is 0 Å². The maximum Gasteiger partial charge on any atom is 0.309 e. The first-order chi connectivity index (χ1) is 10.5. The van der Waals surface area contributed by atoms with Gasteiger partial charge >= 0.3 is 5.97 Å². The molecular formula is C20H30O2. The molecule has 0 saturated heterocycles. The standard InChI is InChI=1S/C20H30O2/c1-20(2,19(21)22)14-4-3-7-17-10-6-11-18(15-17)9-5-8-16-12-13-16/h6,10-11,15-16H,3-5,7-9,12-14H2,1-2H3,(H,21,22). The van der Waals surface area contributed by atoms with Crippen molar-refractivity contribution in [2.24, 2.45) is 11.3 Å². The van der Waals surface area contributed by atoms with E-state index in [0.29, 0.717) is 0 Å². The maximum absolute atomic E-state index is 11.1. The highest BCUT2D eigenvalue weighted by Gasteiger charge is 2.25. The lowest BCUT2D eigenvalue weighted by atomic mass is 9.87. The van der Waals surface area contributed by atoms with E-state index in [1.807, 2.05) is 13.8 Å². The summed E-state index contributed by atoms with van der Waals surface area (Å²) in [4.78, 5) is 11.1. The third-order valence-electron chi connectivity index (χ3n) is 4.86. The van der Waals surface area contributed by atoms with Crippen LogP contribution in [0.1, 0.15) is 69.9 Å². The number of unbranched alkanes of at least 4 members (excludes halogenated alkanes) is 1. The Morgan fingerprint density at radius 3 is 2.36 bits per heavy atom. The molecule has 0 radical (unpaired) electrons. The number of rotatable bonds is 10. The number of carboxylic acid groups (broad SMARTS) is 1. The van der Waals surface area contributed by atoms with Gasteiger partial charge in [0.15, 0.2) is 0 Å². The second-order valence-electron chi connectivity index (χ2n) is 7.55. The fourth-order valence-corrected chi connectivity index (χ4v) is 2.95. The molecule has 0 aliphatic heterocycles. The van der Waals surface area contributed by atoms with Gasteiger partial charge in [0, 0.05) is 0 Å². The van der Waals surface area contributed by atoms with Gasteiger partial charge in [-0.25, -0.2) is 0 Å². The minimum Gasteiger partial charge on any atom is -0.481 e. The molecule has 2 nitrogen and oxygen atoms in total. The molecule has 0 amide bonds. The number of benzene rings is 1. The molecule has 2 heteroatoms. The van der Waals surface area contributed by atoms with Crippen LogP contribution in [0.2, 0.25) is 0 Å². The third-order valence-corrected chi connectivity index (χ3v) is 4.86. The molecule has 122 valence electrons. The zero-order valence-electron chi connectivity index (χ0n) is 14.1. The normalized spacial score (nSPS) is 15.0. The van der Waals surface area contributed by atoms with Gasteiger partial charge in [-0.05, 0) is 63.0 Å². The van der Waals surface area contributed by atoms with Gasteiger partial charge in [0.2, 0.25) is 0 Å². The quantitative estimate of drug-likeness (QED) is 0.600. The van der Waals surface area contributed by atoms with Crippen LogP contribution in [-0.2, 0) is 17.6 Å². The highest BCUT2D eigenvalue weighted by Crippen LogP contribution is 2.33. The Bertz CT molecular complexity index is 486. The summed E-state index contributed by atoms with van der Waals surface area (Å²) in [5.41, 5.74) is 2.27. The van der Waals surface area contributed by atoms with Crippen molar-refractivity contribution in [1.29, 1.82) is 0 Å². The fraction of sp³-hybridized carbons (Fsp3) is 0.650. The molecule has 0 aromatic heterocycles. The first-order valence-corrected chi connectivity index (χ1v) is 8.78. The molecule has 1 fully saturated rings. The van der Waals surface area contributed by atoms with Gasteiger partial charge in [0.05, 0.1) is 5.41 Å². The van der Waals surface area contributed by atoms with E-state index in [1.54, 1.807) is 0 Å². The van der Waals surface area contributed by atoms with Crippen LogP contribution in [0.5, 0.6) is 0 Å². The van der Waals surface area contributed by atoms with E-state index in [1.165, 1.54) is 43.2 Å². The van der Waals surface area contributed by atoms with Gasteiger partial charge in [-0.3, -0.25) is 4.79 Å².